The third-order valence-corrected chi connectivity index (χ3v) is 5.95. The second-order valence-corrected chi connectivity index (χ2v) is 8.93. The van der Waals surface area contributed by atoms with Crippen LogP contribution in [0.1, 0.15) is 26.2 Å². The highest BCUT2D eigenvalue weighted by molar-refractivity contribution is 5.83. The molecule has 13 heteroatoms. The molecule has 3 aromatic heterocycles. The Kier molecular flexibility index (Phi) is 9.41. The molecule has 0 aliphatic rings. The molecule has 0 atom stereocenters. The van der Waals surface area contributed by atoms with Gasteiger partial charge in [0, 0.05) is 39.4 Å². The molecule has 1 N–H and O–H groups in total. The van der Waals surface area contributed by atoms with Crippen LogP contribution in [0.3, 0.4) is 0 Å². The van der Waals surface area contributed by atoms with Crippen LogP contribution in [0.15, 0.2) is 54.9 Å². The summed E-state index contributed by atoms with van der Waals surface area (Å²) < 4.78 is 18.2. The van der Waals surface area contributed by atoms with Gasteiger partial charge in [0.25, 0.3) is 5.69 Å². The van der Waals surface area contributed by atoms with Gasteiger partial charge in [-0.25, -0.2) is 4.98 Å². The Hall–Kier alpha value is -4.78. The van der Waals surface area contributed by atoms with E-state index in [1.807, 2.05) is 31.0 Å². The minimum absolute atomic E-state index is 0.0389. The summed E-state index contributed by atoms with van der Waals surface area (Å²) in [5.41, 5.74) is 0.970. The topological polar surface area (TPSA) is 147 Å². The zero-order chi connectivity index (χ0) is 28.5. The van der Waals surface area contributed by atoms with Crippen molar-refractivity contribution in [3.63, 3.8) is 0 Å². The number of aromatic nitrogens is 4. The number of likely N-dealkylation sites (N-methyl/N-ethyl adjacent to an activating group) is 1. The number of hydrogen-bond acceptors (Lipinski definition) is 11. The van der Waals surface area contributed by atoms with Gasteiger partial charge in [0.2, 0.25) is 11.8 Å². The SMILES string of the molecule is CCCCC(=O)OCn1ccc2c(Oc3cccc([N+](=O)[O-])c3)nc(Nc3ccc(N(C)CCOC)nc3)nc21. The molecule has 0 fully saturated rings. The Balaban J connectivity index is 1.63. The molecule has 4 aromatic rings. The number of esters is 1. The summed E-state index contributed by atoms with van der Waals surface area (Å²) in [6.07, 6.45) is 5.34. The molecule has 3 heterocycles. The molecular weight excluding hydrogens is 518 g/mol. The van der Waals surface area contributed by atoms with E-state index in [0.29, 0.717) is 36.3 Å². The number of nitro groups is 1. The quantitative estimate of drug-likeness (QED) is 0.128. The van der Waals surface area contributed by atoms with Gasteiger partial charge in [0.05, 0.1) is 34.9 Å². The fraction of sp³-hybridized carbons (Fsp3) is 0.333. The number of non-ortho nitro benzene ring substituents is 1. The lowest BCUT2D eigenvalue weighted by molar-refractivity contribution is -0.384. The molecule has 0 bridgehead atoms. The number of nitro benzene ring substituents is 1. The van der Waals surface area contributed by atoms with Gasteiger partial charge in [0.15, 0.2) is 12.4 Å². The number of fused-ring (bicyclic) bond motifs is 1. The predicted molar refractivity (Wildman–Crippen MR) is 149 cm³/mol. The molecule has 0 spiro atoms. The van der Waals surface area contributed by atoms with Crippen molar-refractivity contribution in [2.75, 3.05) is 37.5 Å². The highest BCUT2D eigenvalue weighted by Crippen LogP contribution is 2.31. The van der Waals surface area contributed by atoms with Crippen LogP contribution in [0, 0.1) is 10.1 Å². The molecule has 0 radical (unpaired) electrons. The van der Waals surface area contributed by atoms with Crippen LogP contribution in [-0.4, -0.2) is 57.7 Å². The minimum atomic E-state index is -0.498. The standard InChI is InChI=1S/C27H31N7O6/c1-4-5-9-24(35)39-18-33-13-12-22-25(33)30-27(29-19-10-11-23(28-17-19)32(2)14-15-38-3)31-26(22)40-21-8-6-7-20(16-21)34(36)37/h6-8,10-13,16-17H,4-5,9,14-15,18H2,1-3H3,(H,29,30,31). The second kappa shape index (κ2) is 13.3. The normalized spacial score (nSPS) is 10.9. The van der Waals surface area contributed by atoms with Crippen molar-refractivity contribution >= 4 is 40.1 Å². The molecule has 4 rings (SSSR count). The van der Waals surface area contributed by atoms with Gasteiger partial charge in [0.1, 0.15) is 11.6 Å². The van der Waals surface area contributed by atoms with Gasteiger partial charge >= 0.3 is 5.97 Å². The number of anilines is 3. The Morgan fingerprint density at radius 3 is 2.77 bits per heavy atom. The Bertz CT molecular complexity index is 1460. The summed E-state index contributed by atoms with van der Waals surface area (Å²) >= 11 is 0. The first kappa shape index (κ1) is 28.2. The van der Waals surface area contributed by atoms with E-state index in [4.69, 9.17) is 14.2 Å². The zero-order valence-corrected chi connectivity index (χ0v) is 22.6. The van der Waals surface area contributed by atoms with Crippen molar-refractivity contribution in [2.45, 2.75) is 32.9 Å². The summed E-state index contributed by atoms with van der Waals surface area (Å²) in [6.45, 7) is 3.23. The molecule has 0 amide bonds. The number of nitrogens with zero attached hydrogens (tertiary/aromatic N) is 6. The van der Waals surface area contributed by atoms with E-state index in [2.05, 4.69) is 20.3 Å². The lowest BCUT2D eigenvalue weighted by Gasteiger charge is -2.17. The maximum Gasteiger partial charge on any atom is 0.307 e. The summed E-state index contributed by atoms with van der Waals surface area (Å²) in [5.74, 6) is 1.09. The second-order valence-electron chi connectivity index (χ2n) is 8.93. The number of hydrogen-bond donors (Lipinski definition) is 1. The molecule has 0 saturated carbocycles. The number of pyridine rings is 1. The number of unbranched alkanes of at least 4 members (excludes halogenated alkanes) is 1. The maximum absolute atomic E-state index is 12.1. The van der Waals surface area contributed by atoms with Crippen LogP contribution in [0.5, 0.6) is 11.6 Å². The Morgan fingerprint density at radius 1 is 1.20 bits per heavy atom. The fourth-order valence-corrected chi connectivity index (χ4v) is 3.74. The van der Waals surface area contributed by atoms with E-state index in [1.54, 1.807) is 36.2 Å². The third kappa shape index (κ3) is 7.20. The van der Waals surface area contributed by atoms with E-state index in [0.717, 1.165) is 18.7 Å². The van der Waals surface area contributed by atoms with Crippen LogP contribution < -0.4 is 15.0 Å². The first-order chi connectivity index (χ1) is 19.4. The molecule has 0 aliphatic carbocycles. The number of carbonyl (C=O) groups is 1. The average Bonchev–Trinajstić information content (AvgIpc) is 3.37. The largest absolute Gasteiger partial charge is 0.444 e. The van der Waals surface area contributed by atoms with Crippen LogP contribution in [0.2, 0.25) is 0 Å². The lowest BCUT2D eigenvalue weighted by atomic mass is 10.3. The molecule has 210 valence electrons. The highest BCUT2D eigenvalue weighted by atomic mass is 16.6. The summed E-state index contributed by atoms with van der Waals surface area (Å²) in [5, 5.41) is 14.9. The van der Waals surface area contributed by atoms with Gasteiger partial charge in [-0.15, -0.1) is 0 Å². The van der Waals surface area contributed by atoms with Gasteiger partial charge < -0.3 is 24.4 Å². The van der Waals surface area contributed by atoms with E-state index in [9.17, 15) is 14.9 Å². The van der Waals surface area contributed by atoms with Crippen molar-refractivity contribution in [1.82, 2.24) is 19.5 Å². The molecule has 13 nitrogen and oxygen atoms in total. The fourth-order valence-electron chi connectivity index (χ4n) is 3.74. The molecule has 0 unspecified atom stereocenters. The number of rotatable bonds is 14. The van der Waals surface area contributed by atoms with Crippen LogP contribution in [0.25, 0.3) is 11.0 Å². The number of nitrogens with one attached hydrogen (secondary N) is 1. The Morgan fingerprint density at radius 2 is 2.05 bits per heavy atom. The highest BCUT2D eigenvalue weighted by Gasteiger charge is 2.17. The van der Waals surface area contributed by atoms with Crippen molar-refractivity contribution in [3.05, 3.63) is 65.0 Å². The van der Waals surface area contributed by atoms with E-state index in [1.165, 1.54) is 18.2 Å². The molecule has 40 heavy (non-hydrogen) atoms. The summed E-state index contributed by atoms with van der Waals surface area (Å²) in [7, 11) is 3.57. The Labute approximate surface area is 230 Å². The first-order valence-electron chi connectivity index (χ1n) is 12.8. The summed E-state index contributed by atoms with van der Waals surface area (Å²) in [6, 6.07) is 11.3. The van der Waals surface area contributed by atoms with Crippen LogP contribution in [-0.2, 0) is 21.0 Å². The van der Waals surface area contributed by atoms with Gasteiger partial charge in [-0.3, -0.25) is 19.5 Å². The van der Waals surface area contributed by atoms with Crippen molar-refractivity contribution in [3.8, 4) is 11.6 Å². The third-order valence-electron chi connectivity index (χ3n) is 5.95. The zero-order valence-electron chi connectivity index (χ0n) is 22.6. The van der Waals surface area contributed by atoms with Crippen molar-refractivity contribution in [2.24, 2.45) is 0 Å². The maximum atomic E-state index is 12.1. The monoisotopic (exact) mass is 549 g/mol. The van der Waals surface area contributed by atoms with Gasteiger partial charge in [-0.1, -0.05) is 19.4 Å². The minimum Gasteiger partial charge on any atom is -0.444 e. The van der Waals surface area contributed by atoms with Crippen LogP contribution >= 0.6 is 0 Å². The molecule has 0 saturated heterocycles. The molecule has 0 aliphatic heterocycles. The molecular formula is C27H31N7O6. The van der Waals surface area contributed by atoms with Crippen LogP contribution in [0.4, 0.5) is 23.1 Å². The van der Waals surface area contributed by atoms with Crippen molar-refractivity contribution in [1.29, 1.82) is 0 Å². The van der Waals surface area contributed by atoms with Crippen molar-refractivity contribution < 1.29 is 23.9 Å². The smallest absolute Gasteiger partial charge is 0.307 e. The van der Waals surface area contributed by atoms with E-state index < -0.39 is 4.92 Å². The summed E-state index contributed by atoms with van der Waals surface area (Å²) in [4.78, 5) is 38.4. The molecule has 1 aromatic carbocycles. The van der Waals surface area contributed by atoms with Gasteiger partial charge in [-0.05, 0) is 30.7 Å². The number of benzene rings is 1. The predicted octanol–water partition coefficient (Wildman–Crippen LogP) is 5.04. The number of ether oxygens (including phenoxy) is 3. The first-order valence-corrected chi connectivity index (χ1v) is 12.8. The van der Waals surface area contributed by atoms with E-state index in [-0.39, 0.29) is 36.0 Å². The number of carbonyl (C=O) groups excluding carboxylic acids is 1. The average molecular weight is 550 g/mol. The van der Waals surface area contributed by atoms with Gasteiger partial charge in [-0.2, -0.15) is 9.97 Å². The number of methoxy groups -OCH3 is 1. The lowest BCUT2D eigenvalue weighted by Crippen LogP contribution is -2.22. The van der Waals surface area contributed by atoms with E-state index >= 15 is 0 Å².